The van der Waals surface area contributed by atoms with Crippen molar-refractivity contribution < 1.29 is 19.4 Å². The highest BCUT2D eigenvalue weighted by molar-refractivity contribution is 6.09. The first-order valence-electron chi connectivity index (χ1n) is 11.6. The molecule has 3 heterocycles. The fourth-order valence-electron chi connectivity index (χ4n) is 4.79. The number of aromatic nitrogens is 1. The molecule has 0 spiro atoms. The third-order valence-electron chi connectivity index (χ3n) is 6.54. The second kappa shape index (κ2) is 10.2. The molecule has 0 unspecified atom stereocenters. The molecule has 2 N–H and O–H groups in total. The monoisotopic (exact) mass is 427 g/mol. The van der Waals surface area contributed by atoms with Crippen molar-refractivity contribution in [3.8, 4) is 5.88 Å². The topological polar surface area (TPSA) is 83.8 Å². The number of carboxylic acids is 1. The molecule has 1 aromatic carbocycles. The van der Waals surface area contributed by atoms with E-state index < -0.39 is 5.97 Å². The Morgan fingerprint density at radius 3 is 2.71 bits per heavy atom. The first-order valence-corrected chi connectivity index (χ1v) is 11.6. The molecule has 7 heteroatoms. The Hall–Kier alpha value is -2.54. The number of hydrogen-bond donors (Lipinski definition) is 2. The molecule has 168 valence electrons. The van der Waals surface area contributed by atoms with Gasteiger partial charge in [0.2, 0.25) is 5.88 Å². The molecular formula is C24H33N3O4. The van der Waals surface area contributed by atoms with Gasteiger partial charge in [0.05, 0.1) is 12.1 Å². The van der Waals surface area contributed by atoms with E-state index in [0.29, 0.717) is 30.5 Å². The molecule has 0 aliphatic carbocycles. The number of nitrogens with one attached hydrogen (secondary N) is 1. The van der Waals surface area contributed by atoms with Gasteiger partial charge in [-0.1, -0.05) is 24.6 Å². The summed E-state index contributed by atoms with van der Waals surface area (Å²) in [6, 6.07) is 8.05. The van der Waals surface area contributed by atoms with Crippen LogP contribution in [0.5, 0.6) is 5.88 Å². The van der Waals surface area contributed by atoms with Crippen LogP contribution in [0.2, 0.25) is 0 Å². The van der Waals surface area contributed by atoms with Crippen LogP contribution in [0.3, 0.4) is 0 Å². The summed E-state index contributed by atoms with van der Waals surface area (Å²) < 4.78 is 8.03. The van der Waals surface area contributed by atoms with Gasteiger partial charge >= 0.3 is 5.97 Å². The zero-order chi connectivity index (χ0) is 21.6. The number of rotatable bonds is 9. The third kappa shape index (κ3) is 5.21. The Morgan fingerprint density at radius 2 is 1.90 bits per heavy atom. The van der Waals surface area contributed by atoms with Gasteiger partial charge in [-0.15, -0.1) is 0 Å². The van der Waals surface area contributed by atoms with Gasteiger partial charge in [0.1, 0.15) is 5.56 Å². The molecular weight excluding hydrogens is 394 g/mol. The molecule has 2 aliphatic heterocycles. The lowest BCUT2D eigenvalue weighted by molar-refractivity contribution is -0.137. The van der Waals surface area contributed by atoms with Crippen LogP contribution in [-0.2, 0) is 11.3 Å². The number of hydrogen-bond acceptors (Lipinski definition) is 4. The number of benzene rings is 1. The second-order valence-electron chi connectivity index (χ2n) is 8.75. The molecule has 1 saturated heterocycles. The van der Waals surface area contributed by atoms with Gasteiger partial charge in [-0.3, -0.25) is 9.59 Å². The molecule has 1 aromatic heterocycles. The number of aliphatic carboxylic acids is 1. The normalized spacial score (nSPS) is 17.3. The van der Waals surface area contributed by atoms with Crippen LogP contribution in [-0.4, -0.2) is 59.2 Å². The average molecular weight is 428 g/mol. The number of para-hydroxylation sites is 1. The Bertz CT molecular complexity index is 915. The molecule has 0 saturated carbocycles. The second-order valence-corrected chi connectivity index (χ2v) is 8.75. The van der Waals surface area contributed by atoms with E-state index in [9.17, 15) is 9.59 Å². The van der Waals surface area contributed by atoms with Gasteiger partial charge in [-0.2, -0.15) is 0 Å². The average Bonchev–Trinajstić information content (AvgIpc) is 3.12. The van der Waals surface area contributed by atoms with Gasteiger partial charge < -0.3 is 24.6 Å². The number of amides is 1. The molecule has 4 rings (SSSR count). The SMILES string of the molecule is O=C(O)CCCCCN1CCC(CNC(=O)c2c3n(c4ccccc24)CCCO3)CC1. The van der Waals surface area contributed by atoms with Crippen molar-refractivity contribution in [2.75, 3.05) is 32.8 Å². The van der Waals surface area contributed by atoms with E-state index in [0.717, 1.165) is 75.6 Å². The van der Waals surface area contributed by atoms with E-state index in [1.54, 1.807) is 0 Å². The Kier molecular flexibility index (Phi) is 7.12. The van der Waals surface area contributed by atoms with Gasteiger partial charge in [0.15, 0.2) is 0 Å². The number of carbonyl (C=O) groups is 2. The lowest BCUT2D eigenvalue weighted by atomic mass is 9.96. The fraction of sp³-hybridized carbons (Fsp3) is 0.583. The van der Waals surface area contributed by atoms with Crippen molar-refractivity contribution >= 4 is 22.8 Å². The summed E-state index contributed by atoms with van der Waals surface area (Å²) in [5.74, 6) is 0.469. The molecule has 0 radical (unpaired) electrons. The van der Waals surface area contributed by atoms with Crippen molar-refractivity contribution in [3.63, 3.8) is 0 Å². The summed E-state index contributed by atoms with van der Waals surface area (Å²) in [7, 11) is 0. The Balaban J connectivity index is 1.26. The largest absolute Gasteiger partial charge is 0.481 e. The number of fused-ring (bicyclic) bond motifs is 3. The molecule has 31 heavy (non-hydrogen) atoms. The zero-order valence-electron chi connectivity index (χ0n) is 18.1. The maximum Gasteiger partial charge on any atom is 0.303 e. The van der Waals surface area contributed by atoms with Crippen LogP contribution in [0.25, 0.3) is 10.9 Å². The first-order chi connectivity index (χ1) is 15.1. The lowest BCUT2D eigenvalue weighted by Crippen LogP contribution is -2.39. The number of carbonyl (C=O) groups excluding carboxylic acids is 1. The van der Waals surface area contributed by atoms with Crippen molar-refractivity contribution in [1.82, 2.24) is 14.8 Å². The van der Waals surface area contributed by atoms with E-state index in [-0.39, 0.29) is 12.3 Å². The first kappa shape index (κ1) is 21.7. The van der Waals surface area contributed by atoms with Crippen LogP contribution in [0.1, 0.15) is 55.3 Å². The lowest BCUT2D eigenvalue weighted by Gasteiger charge is -2.32. The van der Waals surface area contributed by atoms with E-state index in [2.05, 4.69) is 20.9 Å². The van der Waals surface area contributed by atoms with E-state index >= 15 is 0 Å². The van der Waals surface area contributed by atoms with Gasteiger partial charge in [-0.25, -0.2) is 0 Å². The van der Waals surface area contributed by atoms with Crippen molar-refractivity contribution in [3.05, 3.63) is 29.8 Å². The highest BCUT2D eigenvalue weighted by atomic mass is 16.5. The summed E-state index contributed by atoms with van der Waals surface area (Å²) in [5, 5.41) is 12.8. The summed E-state index contributed by atoms with van der Waals surface area (Å²) in [5.41, 5.74) is 1.74. The number of likely N-dealkylation sites (tertiary alicyclic amines) is 1. The minimum Gasteiger partial charge on any atom is -0.481 e. The standard InChI is InChI=1S/C24H33N3O4/c28-21(29)9-2-1-5-12-26-14-10-18(11-15-26)17-25-23(30)22-19-7-3-4-8-20(19)27-13-6-16-31-24(22)27/h3-4,7-8,18H,1-2,5-6,9-17H2,(H,25,30)(H,28,29). The smallest absolute Gasteiger partial charge is 0.303 e. The number of ether oxygens (including phenoxy) is 1. The van der Waals surface area contributed by atoms with Gasteiger partial charge in [0.25, 0.3) is 5.91 Å². The van der Waals surface area contributed by atoms with E-state index in [1.165, 1.54) is 0 Å². The summed E-state index contributed by atoms with van der Waals surface area (Å²) in [6.07, 6.45) is 6.20. The maximum absolute atomic E-state index is 13.1. The highest BCUT2D eigenvalue weighted by Gasteiger charge is 2.27. The summed E-state index contributed by atoms with van der Waals surface area (Å²) >= 11 is 0. The minimum absolute atomic E-state index is 0.0345. The Morgan fingerprint density at radius 1 is 1.10 bits per heavy atom. The predicted molar refractivity (Wildman–Crippen MR) is 120 cm³/mol. The zero-order valence-corrected chi connectivity index (χ0v) is 18.1. The molecule has 1 amide bonds. The van der Waals surface area contributed by atoms with E-state index in [1.807, 2.05) is 18.2 Å². The van der Waals surface area contributed by atoms with Crippen LogP contribution >= 0.6 is 0 Å². The van der Waals surface area contributed by atoms with Crippen molar-refractivity contribution in [1.29, 1.82) is 0 Å². The number of piperidine rings is 1. The maximum atomic E-state index is 13.1. The van der Waals surface area contributed by atoms with Crippen LogP contribution < -0.4 is 10.1 Å². The number of carboxylic acid groups (broad SMARTS) is 1. The van der Waals surface area contributed by atoms with Crippen molar-refractivity contribution in [2.45, 2.75) is 51.5 Å². The Labute approximate surface area is 183 Å². The van der Waals surface area contributed by atoms with Gasteiger partial charge in [-0.05, 0) is 63.7 Å². The van der Waals surface area contributed by atoms with E-state index in [4.69, 9.17) is 9.84 Å². The number of unbranched alkanes of at least 4 members (excludes halogenated alkanes) is 2. The predicted octanol–water partition coefficient (Wildman–Crippen LogP) is 3.51. The molecule has 2 aliphatic rings. The molecule has 0 bridgehead atoms. The van der Waals surface area contributed by atoms with Crippen LogP contribution in [0.4, 0.5) is 0 Å². The van der Waals surface area contributed by atoms with Crippen molar-refractivity contribution in [2.24, 2.45) is 5.92 Å². The summed E-state index contributed by atoms with van der Waals surface area (Å²) in [4.78, 5) is 26.1. The molecule has 7 nitrogen and oxygen atoms in total. The van der Waals surface area contributed by atoms with Gasteiger partial charge in [0, 0.05) is 24.9 Å². The number of aryl methyl sites for hydroxylation is 1. The number of nitrogens with zero attached hydrogens (tertiary/aromatic N) is 2. The molecule has 0 atom stereocenters. The minimum atomic E-state index is -0.705. The highest BCUT2D eigenvalue weighted by Crippen LogP contribution is 2.34. The third-order valence-corrected chi connectivity index (χ3v) is 6.54. The molecule has 1 fully saturated rings. The molecule has 2 aromatic rings. The summed E-state index contributed by atoms with van der Waals surface area (Å²) in [6.45, 7) is 5.38. The fourth-order valence-corrected chi connectivity index (χ4v) is 4.79. The quantitative estimate of drug-likeness (QED) is 0.599. The van der Waals surface area contributed by atoms with Crippen LogP contribution in [0, 0.1) is 5.92 Å². The van der Waals surface area contributed by atoms with Crippen LogP contribution in [0.15, 0.2) is 24.3 Å².